The van der Waals surface area contributed by atoms with Gasteiger partial charge in [-0.1, -0.05) is 109 Å². The fraction of sp³-hybridized carbons (Fsp3) is 0.333. The second-order valence-electron chi connectivity index (χ2n) is 5.81. The second kappa shape index (κ2) is 69.7. The molecule has 0 aromatic heterocycles. The molecule has 0 amide bonds. The summed E-state index contributed by atoms with van der Waals surface area (Å²) < 4.78 is 0. The predicted molar refractivity (Wildman–Crippen MR) is 172 cm³/mol. The summed E-state index contributed by atoms with van der Waals surface area (Å²) in [6, 6.07) is 24.0. The normalized spacial score (nSPS) is 7.00. The SMILES string of the molecule is CC#CC.CC#CC.CC#CC.CC=CC.CC=CC.CC=CC.c1ccccc1.c1ccccc1. The van der Waals surface area contributed by atoms with Crippen molar-refractivity contribution >= 4 is 0 Å². The molecule has 0 N–H and O–H groups in total. The molecular weight excluding hydrogens is 432 g/mol. The Bertz CT molecular complexity index is 622. The highest BCUT2D eigenvalue weighted by molar-refractivity contribution is 4.99. The number of allylic oxidation sites excluding steroid dienone is 6. The number of hydrogen-bond donors (Lipinski definition) is 0. The van der Waals surface area contributed by atoms with E-state index in [4.69, 9.17) is 0 Å². The van der Waals surface area contributed by atoms with Crippen LogP contribution < -0.4 is 0 Å². The molecule has 0 radical (unpaired) electrons. The van der Waals surface area contributed by atoms with Crippen LogP contribution >= 0.6 is 0 Å². The molecule has 0 spiro atoms. The number of benzene rings is 2. The average molecular weight is 487 g/mol. The van der Waals surface area contributed by atoms with Crippen molar-refractivity contribution in [2.24, 2.45) is 0 Å². The Labute approximate surface area is 227 Å². The minimum Gasteiger partial charge on any atom is -0.107 e. The Morgan fingerprint density at radius 2 is 0.333 bits per heavy atom. The first kappa shape index (κ1) is 45.8. The van der Waals surface area contributed by atoms with Crippen LogP contribution in [0.1, 0.15) is 83.1 Å². The minimum atomic E-state index is 1.82. The molecule has 0 atom stereocenters. The summed E-state index contributed by atoms with van der Waals surface area (Å²) in [4.78, 5) is 0. The Kier molecular flexibility index (Phi) is 88.7. The van der Waals surface area contributed by atoms with Crippen LogP contribution in [0.3, 0.4) is 0 Å². The van der Waals surface area contributed by atoms with E-state index in [1.807, 2.05) is 192 Å². The van der Waals surface area contributed by atoms with E-state index in [1.54, 1.807) is 0 Å². The van der Waals surface area contributed by atoms with E-state index in [9.17, 15) is 0 Å². The number of rotatable bonds is 0. The third kappa shape index (κ3) is 127. The van der Waals surface area contributed by atoms with Gasteiger partial charge in [-0.2, -0.15) is 0 Å². The summed E-state index contributed by atoms with van der Waals surface area (Å²) in [6.45, 7) is 22.9. The van der Waals surface area contributed by atoms with Crippen molar-refractivity contribution in [3.8, 4) is 35.5 Å². The largest absolute Gasteiger partial charge is 0.107 e. The molecule has 0 heterocycles. The summed E-state index contributed by atoms with van der Waals surface area (Å²) >= 11 is 0. The van der Waals surface area contributed by atoms with Crippen LogP contribution in [-0.4, -0.2) is 0 Å². The molecule has 36 heavy (non-hydrogen) atoms. The van der Waals surface area contributed by atoms with Crippen molar-refractivity contribution in [1.82, 2.24) is 0 Å². The lowest BCUT2D eigenvalue weighted by molar-refractivity contribution is 1.64. The summed E-state index contributed by atoms with van der Waals surface area (Å²) in [5, 5.41) is 0. The maximum absolute atomic E-state index is 2.68. The van der Waals surface area contributed by atoms with Crippen molar-refractivity contribution in [3.63, 3.8) is 0 Å². The zero-order valence-corrected chi connectivity index (χ0v) is 25.4. The van der Waals surface area contributed by atoms with E-state index < -0.39 is 0 Å². The van der Waals surface area contributed by atoms with Crippen LogP contribution in [0, 0.1) is 35.5 Å². The van der Waals surface area contributed by atoms with Crippen LogP contribution in [0.15, 0.2) is 109 Å². The molecule has 198 valence electrons. The van der Waals surface area contributed by atoms with Gasteiger partial charge in [0.15, 0.2) is 0 Å². The van der Waals surface area contributed by atoms with Crippen molar-refractivity contribution in [2.45, 2.75) is 83.1 Å². The van der Waals surface area contributed by atoms with Gasteiger partial charge in [0.05, 0.1) is 0 Å². The first-order chi connectivity index (χ1) is 17.5. The Morgan fingerprint density at radius 3 is 0.361 bits per heavy atom. The molecular formula is C36H54. The highest BCUT2D eigenvalue weighted by Crippen LogP contribution is 1.80. The van der Waals surface area contributed by atoms with Gasteiger partial charge in [0.2, 0.25) is 0 Å². The standard InChI is InChI=1S/2C6H6.3C4H8.3C4H6/c2*1-2-4-6-5-3-1;6*1-3-4-2/h2*1-6H;3*3-4H,1-2H3;3*1-2H3. The van der Waals surface area contributed by atoms with Crippen LogP contribution in [0.25, 0.3) is 0 Å². The first-order valence-corrected chi connectivity index (χ1v) is 12.2. The average Bonchev–Trinajstić information content (AvgIpc) is 2.99. The van der Waals surface area contributed by atoms with Gasteiger partial charge in [0.25, 0.3) is 0 Å². The van der Waals surface area contributed by atoms with Gasteiger partial charge in [-0.05, 0) is 83.1 Å². The molecule has 0 nitrogen and oxygen atoms in total. The van der Waals surface area contributed by atoms with E-state index in [2.05, 4.69) is 35.5 Å². The van der Waals surface area contributed by atoms with Crippen molar-refractivity contribution < 1.29 is 0 Å². The zero-order valence-electron chi connectivity index (χ0n) is 25.4. The maximum atomic E-state index is 2.68. The topological polar surface area (TPSA) is 0 Å². The van der Waals surface area contributed by atoms with E-state index in [0.717, 1.165) is 0 Å². The monoisotopic (exact) mass is 486 g/mol. The lowest BCUT2D eigenvalue weighted by Crippen LogP contribution is -1.47. The van der Waals surface area contributed by atoms with Gasteiger partial charge in [-0.15, -0.1) is 35.5 Å². The van der Waals surface area contributed by atoms with Crippen molar-refractivity contribution in [2.75, 3.05) is 0 Å². The highest BCUT2D eigenvalue weighted by atomic mass is 13.7. The maximum Gasteiger partial charge on any atom is -0.00271 e. The minimum absolute atomic E-state index is 1.82. The molecule has 0 heteroatoms. The molecule has 0 aliphatic heterocycles. The zero-order chi connectivity index (χ0) is 29.0. The Morgan fingerprint density at radius 1 is 0.250 bits per heavy atom. The van der Waals surface area contributed by atoms with Gasteiger partial charge in [-0.3, -0.25) is 0 Å². The fourth-order valence-electron chi connectivity index (χ4n) is 0.770. The number of hydrogen-bond acceptors (Lipinski definition) is 0. The quantitative estimate of drug-likeness (QED) is 0.256. The molecule has 0 saturated carbocycles. The van der Waals surface area contributed by atoms with Crippen molar-refractivity contribution in [3.05, 3.63) is 109 Å². The van der Waals surface area contributed by atoms with Gasteiger partial charge >= 0.3 is 0 Å². The lowest BCUT2D eigenvalue weighted by Gasteiger charge is -1.69. The highest BCUT2D eigenvalue weighted by Gasteiger charge is 1.58. The molecule has 0 unspecified atom stereocenters. The van der Waals surface area contributed by atoms with Gasteiger partial charge in [0, 0.05) is 0 Å². The van der Waals surface area contributed by atoms with Crippen LogP contribution in [0.5, 0.6) is 0 Å². The van der Waals surface area contributed by atoms with Crippen LogP contribution in [-0.2, 0) is 0 Å². The van der Waals surface area contributed by atoms with Crippen LogP contribution in [0.2, 0.25) is 0 Å². The third-order valence-corrected chi connectivity index (χ3v) is 3.08. The smallest absolute Gasteiger partial charge is 0.00271 e. The molecule has 0 fully saturated rings. The van der Waals surface area contributed by atoms with Gasteiger partial charge in [0.1, 0.15) is 0 Å². The molecule has 2 aromatic carbocycles. The summed E-state index contributed by atoms with van der Waals surface area (Å²) in [5.41, 5.74) is 0. The summed E-state index contributed by atoms with van der Waals surface area (Å²) in [7, 11) is 0. The van der Waals surface area contributed by atoms with Gasteiger partial charge < -0.3 is 0 Å². The molecule has 0 bridgehead atoms. The summed E-state index contributed by atoms with van der Waals surface area (Å²) in [6.07, 6.45) is 12.0. The molecule has 0 aliphatic carbocycles. The van der Waals surface area contributed by atoms with Crippen LogP contribution in [0.4, 0.5) is 0 Å². The fourth-order valence-corrected chi connectivity index (χ4v) is 0.770. The Balaban J connectivity index is -0.0000000722. The summed E-state index contributed by atoms with van der Waals surface area (Å²) in [5.74, 6) is 16.1. The first-order valence-electron chi connectivity index (χ1n) is 12.2. The van der Waals surface area contributed by atoms with E-state index in [1.165, 1.54) is 0 Å². The molecule has 2 aromatic rings. The third-order valence-electron chi connectivity index (χ3n) is 3.08. The molecule has 0 aliphatic rings. The van der Waals surface area contributed by atoms with E-state index in [-0.39, 0.29) is 0 Å². The molecule has 0 saturated heterocycles. The van der Waals surface area contributed by atoms with Crippen molar-refractivity contribution in [1.29, 1.82) is 0 Å². The molecule has 2 rings (SSSR count). The second-order valence-corrected chi connectivity index (χ2v) is 5.81. The van der Waals surface area contributed by atoms with E-state index >= 15 is 0 Å². The Hall–Kier alpha value is -3.66. The van der Waals surface area contributed by atoms with E-state index in [0.29, 0.717) is 0 Å². The lowest BCUT2D eigenvalue weighted by atomic mass is 10.4. The predicted octanol–water partition coefficient (Wildman–Crippen LogP) is 11.2. The van der Waals surface area contributed by atoms with Gasteiger partial charge in [-0.25, -0.2) is 0 Å².